The van der Waals surface area contributed by atoms with E-state index in [1.54, 1.807) is 24.7 Å². The van der Waals surface area contributed by atoms with Crippen LogP contribution in [0.2, 0.25) is 0 Å². The Morgan fingerprint density at radius 2 is 2.11 bits per heavy atom. The minimum Gasteiger partial charge on any atom is -0.397 e. The van der Waals surface area contributed by atoms with Crippen LogP contribution in [0.4, 0.5) is 17.3 Å². The van der Waals surface area contributed by atoms with Crippen molar-refractivity contribution in [2.75, 3.05) is 16.8 Å². The second-order valence-corrected chi connectivity index (χ2v) is 6.65. The molecule has 1 aliphatic carbocycles. The number of amides is 1. The average Bonchev–Trinajstić information content (AvgIpc) is 3.44. The number of hydrogen-bond acceptors (Lipinski definition) is 7. The number of anilines is 3. The van der Waals surface area contributed by atoms with Gasteiger partial charge in [-0.05, 0) is 36.4 Å². The van der Waals surface area contributed by atoms with Crippen molar-refractivity contribution in [3.8, 4) is 17.3 Å². The second kappa shape index (κ2) is 6.21. The molecule has 0 saturated heterocycles. The number of hydrogen-bond donors (Lipinski definition) is 3. The predicted molar refractivity (Wildman–Crippen MR) is 102 cm³/mol. The summed E-state index contributed by atoms with van der Waals surface area (Å²) in [5.41, 5.74) is 14.9. The second-order valence-electron chi connectivity index (χ2n) is 6.65. The fraction of sp³-hybridized carbons (Fsp3) is 0.211. The van der Waals surface area contributed by atoms with Gasteiger partial charge in [0.1, 0.15) is 11.6 Å². The molecule has 134 valence electrons. The van der Waals surface area contributed by atoms with Crippen molar-refractivity contribution in [2.24, 2.45) is 11.8 Å². The molecule has 0 spiro atoms. The summed E-state index contributed by atoms with van der Waals surface area (Å²) in [6.45, 7) is 1.90. The summed E-state index contributed by atoms with van der Waals surface area (Å²) in [6, 6.07) is 5.71. The summed E-state index contributed by atoms with van der Waals surface area (Å²) in [7, 11) is 0. The summed E-state index contributed by atoms with van der Waals surface area (Å²) in [4.78, 5) is 25.0. The average molecular weight is 359 g/mol. The number of fused-ring (bicyclic) bond motifs is 1. The number of carbonyl (C=O) groups is 1. The highest BCUT2D eigenvalue weighted by molar-refractivity contribution is 5.98. The zero-order chi connectivity index (χ0) is 19.1. The van der Waals surface area contributed by atoms with Crippen molar-refractivity contribution in [1.29, 1.82) is 5.26 Å². The Kier molecular flexibility index (Phi) is 3.85. The molecular formula is C19H17N7O. The van der Waals surface area contributed by atoms with Crippen LogP contribution in [0.5, 0.6) is 0 Å². The van der Waals surface area contributed by atoms with E-state index >= 15 is 0 Å². The van der Waals surface area contributed by atoms with Crippen LogP contribution < -0.4 is 16.8 Å². The van der Waals surface area contributed by atoms with Gasteiger partial charge in [0, 0.05) is 23.3 Å². The van der Waals surface area contributed by atoms with E-state index in [1.165, 1.54) is 0 Å². The molecule has 8 nitrogen and oxygen atoms in total. The smallest absolute Gasteiger partial charge is 0.230 e. The molecule has 1 unspecified atom stereocenters. The highest BCUT2D eigenvalue weighted by atomic mass is 16.2. The third kappa shape index (κ3) is 3.00. The summed E-state index contributed by atoms with van der Waals surface area (Å²) in [5.74, 6) is 0.102. The van der Waals surface area contributed by atoms with Crippen molar-refractivity contribution in [3.63, 3.8) is 0 Å². The van der Waals surface area contributed by atoms with Crippen molar-refractivity contribution in [1.82, 2.24) is 15.0 Å². The molecule has 0 radical (unpaired) electrons. The number of aromatic nitrogens is 3. The fourth-order valence-corrected chi connectivity index (χ4v) is 3.03. The van der Waals surface area contributed by atoms with E-state index in [4.69, 9.17) is 16.7 Å². The molecule has 0 aromatic carbocycles. The molecular weight excluding hydrogens is 342 g/mol. The van der Waals surface area contributed by atoms with Gasteiger partial charge in [0.05, 0.1) is 35.5 Å². The lowest BCUT2D eigenvalue weighted by molar-refractivity contribution is -0.117. The van der Waals surface area contributed by atoms with E-state index in [0.29, 0.717) is 34.8 Å². The summed E-state index contributed by atoms with van der Waals surface area (Å²) in [5, 5.41) is 13.1. The van der Waals surface area contributed by atoms with Crippen LogP contribution in [-0.2, 0) is 4.79 Å². The standard InChI is InChI=1S/C19H17N7O/c1-9-13(6-23-8-15(9)21)16-3-10-4-17(24-7-14(10)18(22)25-16)26-19(27)12-2-11(12)5-20/h3-4,6-8,11-12H,2,21H2,1H3,(H2,22,25)(H,24,26,27)/t11?,12-/m1/s1. The van der Waals surface area contributed by atoms with Crippen molar-refractivity contribution in [3.05, 3.63) is 36.3 Å². The monoisotopic (exact) mass is 359 g/mol. The SMILES string of the molecule is Cc1c(N)cncc1-c1cc2cc(NC(=O)[C@@H]3CC3C#N)ncc2c(N)n1. The third-order valence-electron chi connectivity index (χ3n) is 4.82. The van der Waals surface area contributed by atoms with Crippen LogP contribution in [0.15, 0.2) is 30.7 Å². The molecule has 1 saturated carbocycles. The fourth-order valence-electron chi connectivity index (χ4n) is 3.03. The number of nitriles is 1. The molecule has 27 heavy (non-hydrogen) atoms. The highest BCUT2D eigenvalue weighted by Crippen LogP contribution is 2.38. The molecule has 2 atom stereocenters. The molecule has 0 bridgehead atoms. The molecule has 3 aromatic rings. The minimum atomic E-state index is -0.258. The molecule has 1 fully saturated rings. The molecule has 1 amide bonds. The molecule has 3 aromatic heterocycles. The van der Waals surface area contributed by atoms with Gasteiger partial charge in [-0.25, -0.2) is 9.97 Å². The zero-order valence-electron chi connectivity index (χ0n) is 14.6. The first-order valence-electron chi connectivity index (χ1n) is 8.45. The number of nitrogen functional groups attached to an aromatic ring is 2. The van der Waals surface area contributed by atoms with Crippen molar-refractivity contribution < 1.29 is 4.79 Å². The Morgan fingerprint density at radius 3 is 2.85 bits per heavy atom. The topological polar surface area (TPSA) is 144 Å². The quantitative estimate of drug-likeness (QED) is 0.650. The highest BCUT2D eigenvalue weighted by Gasteiger charge is 2.43. The summed E-state index contributed by atoms with van der Waals surface area (Å²) < 4.78 is 0. The molecule has 5 N–H and O–H groups in total. The van der Waals surface area contributed by atoms with Crippen LogP contribution >= 0.6 is 0 Å². The first-order valence-corrected chi connectivity index (χ1v) is 8.45. The van der Waals surface area contributed by atoms with Gasteiger partial charge < -0.3 is 16.8 Å². The van der Waals surface area contributed by atoms with E-state index in [2.05, 4.69) is 26.3 Å². The number of nitrogens with two attached hydrogens (primary N) is 2. The molecule has 4 rings (SSSR count). The van der Waals surface area contributed by atoms with Crippen LogP contribution in [0.1, 0.15) is 12.0 Å². The van der Waals surface area contributed by atoms with Gasteiger partial charge in [0.15, 0.2) is 0 Å². The van der Waals surface area contributed by atoms with E-state index in [1.807, 2.05) is 13.0 Å². The number of carbonyl (C=O) groups excluding carboxylic acids is 1. The van der Waals surface area contributed by atoms with Crippen LogP contribution in [-0.4, -0.2) is 20.9 Å². The first-order chi connectivity index (χ1) is 13.0. The molecule has 8 heteroatoms. The third-order valence-corrected chi connectivity index (χ3v) is 4.82. The van der Waals surface area contributed by atoms with E-state index < -0.39 is 0 Å². The minimum absolute atomic E-state index is 0.188. The van der Waals surface area contributed by atoms with Crippen molar-refractivity contribution in [2.45, 2.75) is 13.3 Å². The van der Waals surface area contributed by atoms with Gasteiger partial charge in [0.2, 0.25) is 5.91 Å². The number of pyridine rings is 3. The Labute approximate surface area is 155 Å². The lowest BCUT2D eigenvalue weighted by Gasteiger charge is -2.11. The molecule has 3 heterocycles. The van der Waals surface area contributed by atoms with Gasteiger partial charge in [-0.15, -0.1) is 0 Å². The number of rotatable bonds is 3. The molecule has 0 aliphatic heterocycles. The van der Waals surface area contributed by atoms with Crippen molar-refractivity contribution >= 4 is 34.0 Å². The van der Waals surface area contributed by atoms with E-state index in [-0.39, 0.29) is 17.7 Å². The Bertz CT molecular complexity index is 1120. The van der Waals surface area contributed by atoms with Crippen LogP contribution in [0.25, 0.3) is 22.0 Å². The predicted octanol–water partition coefficient (Wildman–Crippen LogP) is 2.26. The van der Waals surface area contributed by atoms with E-state index in [0.717, 1.165) is 16.5 Å². The van der Waals surface area contributed by atoms with Crippen LogP contribution in [0.3, 0.4) is 0 Å². The van der Waals surface area contributed by atoms with Gasteiger partial charge in [-0.3, -0.25) is 9.78 Å². The Hall–Kier alpha value is -3.73. The zero-order valence-corrected chi connectivity index (χ0v) is 14.6. The summed E-state index contributed by atoms with van der Waals surface area (Å²) >= 11 is 0. The summed E-state index contributed by atoms with van der Waals surface area (Å²) in [6.07, 6.45) is 5.46. The first kappa shape index (κ1) is 16.7. The lowest BCUT2D eigenvalue weighted by Crippen LogP contribution is -2.15. The van der Waals surface area contributed by atoms with E-state index in [9.17, 15) is 4.79 Å². The molecule has 1 aliphatic rings. The van der Waals surface area contributed by atoms with Gasteiger partial charge >= 0.3 is 0 Å². The van der Waals surface area contributed by atoms with Gasteiger partial charge in [-0.1, -0.05) is 0 Å². The maximum atomic E-state index is 12.2. The van der Waals surface area contributed by atoms with Gasteiger partial charge in [-0.2, -0.15) is 5.26 Å². The largest absolute Gasteiger partial charge is 0.397 e. The number of nitrogens with one attached hydrogen (secondary N) is 1. The Balaban J connectivity index is 1.71. The van der Waals surface area contributed by atoms with Crippen LogP contribution in [0, 0.1) is 30.1 Å². The lowest BCUT2D eigenvalue weighted by atomic mass is 10.0. The maximum absolute atomic E-state index is 12.2. The maximum Gasteiger partial charge on any atom is 0.230 e. The Morgan fingerprint density at radius 1 is 1.30 bits per heavy atom. The van der Waals surface area contributed by atoms with Gasteiger partial charge in [0.25, 0.3) is 0 Å². The normalized spacial score (nSPS) is 18.1. The number of nitrogens with zero attached hydrogens (tertiary/aromatic N) is 4.